The summed E-state index contributed by atoms with van der Waals surface area (Å²) in [5, 5.41) is 2.90. The quantitative estimate of drug-likeness (QED) is 0.778. The van der Waals surface area contributed by atoms with E-state index in [9.17, 15) is 4.79 Å². The number of anilines is 1. The van der Waals surface area contributed by atoms with Crippen LogP contribution in [0.1, 0.15) is 34.2 Å². The highest BCUT2D eigenvalue weighted by molar-refractivity contribution is 7.21. The Morgan fingerprint density at radius 3 is 2.90 bits per heavy atom. The second kappa shape index (κ2) is 5.21. The third-order valence-corrected chi connectivity index (χ3v) is 4.38. The van der Waals surface area contributed by atoms with Crippen LogP contribution >= 0.6 is 11.3 Å². The molecule has 0 spiro atoms. The average Bonchev–Trinajstić information content (AvgIpc) is 3.04. The normalized spacial score (nSPS) is 12.5. The molecule has 1 amide bonds. The van der Waals surface area contributed by atoms with Crippen LogP contribution in [0.4, 0.5) is 5.69 Å². The largest absolute Gasteiger partial charge is 0.464 e. The predicted molar refractivity (Wildman–Crippen MR) is 83.4 cm³/mol. The van der Waals surface area contributed by atoms with Gasteiger partial charge in [-0.2, -0.15) is 0 Å². The van der Waals surface area contributed by atoms with Gasteiger partial charge in [0, 0.05) is 6.20 Å². The lowest BCUT2D eigenvalue weighted by atomic mass is 10.2. The Morgan fingerprint density at radius 2 is 2.24 bits per heavy atom. The Balaban J connectivity index is 1.85. The number of furan rings is 1. The van der Waals surface area contributed by atoms with Gasteiger partial charge in [-0.05, 0) is 38.1 Å². The first-order chi connectivity index (χ1) is 10.1. The maximum absolute atomic E-state index is 12.4. The van der Waals surface area contributed by atoms with Crippen LogP contribution in [0.5, 0.6) is 0 Å². The molecular weight excluding hydrogens is 286 g/mol. The Morgan fingerprint density at radius 1 is 1.43 bits per heavy atom. The number of fused-ring (bicyclic) bond motifs is 1. The molecule has 0 bridgehead atoms. The van der Waals surface area contributed by atoms with E-state index < -0.39 is 0 Å². The summed E-state index contributed by atoms with van der Waals surface area (Å²) in [5.41, 5.74) is 7.12. The molecule has 0 aliphatic carbocycles. The summed E-state index contributed by atoms with van der Waals surface area (Å²) in [4.78, 5) is 17.1. The number of hydrogen-bond acceptors (Lipinski definition) is 5. The van der Waals surface area contributed by atoms with E-state index in [4.69, 9.17) is 10.2 Å². The van der Waals surface area contributed by atoms with E-state index in [1.54, 1.807) is 6.20 Å². The number of nitrogens with one attached hydrogen (secondary N) is 1. The standard InChI is InChI=1S/C15H15N3O2S/c1-8-5-6-10(20-8)9(2)18-15(19)14-12(16)13-11(21-14)4-3-7-17-13/h3-7,9H,16H2,1-2H3,(H,18,19). The van der Waals surface area contributed by atoms with E-state index in [0.717, 1.165) is 16.2 Å². The van der Waals surface area contributed by atoms with Crippen molar-refractivity contribution in [1.29, 1.82) is 0 Å². The molecule has 21 heavy (non-hydrogen) atoms. The smallest absolute Gasteiger partial charge is 0.264 e. The van der Waals surface area contributed by atoms with Crippen molar-refractivity contribution in [2.45, 2.75) is 19.9 Å². The first-order valence-electron chi connectivity index (χ1n) is 6.56. The molecule has 3 aromatic rings. The maximum Gasteiger partial charge on any atom is 0.264 e. The molecule has 3 heterocycles. The van der Waals surface area contributed by atoms with Crippen LogP contribution in [0.15, 0.2) is 34.9 Å². The number of nitrogen functional groups attached to an aromatic ring is 1. The SMILES string of the molecule is Cc1ccc(C(C)NC(=O)c2sc3cccnc3c2N)o1. The number of rotatable bonds is 3. The van der Waals surface area contributed by atoms with Crippen molar-refractivity contribution < 1.29 is 9.21 Å². The zero-order chi connectivity index (χ0) is 15.0. The Labute approximate surface area is 125 Å². The van der Waals surface area contributed by atoms with Crippen LogP contribution in [0.2, 0.25) is 0 Å². The number of nitrogens with zero attached hydrogens (tertiary/aromatic N) is 1. The van der Waals surface area contributed by atoms with E-state index in [0.29, 0.717) is 16.1 Å². The van der Waals surface area contributed by atoms with Crippen molar-refractivity contribution in [2.24, 2.45) is 0 Å². The number of pyridine rings is 1. The summed E-state index contributed by atoms with van der Waals surface area (Å²) in [5.74, 6) is 1.33. The molecule has 3 aromatic heterocycles. The van der Waals surface area contributed by atoms with Crippen LogP contribution in [-0.4, -0.2) is 10.9 Å². The molecule has 0 radical (unpaired) electrons. The highest BCUT2D eigenvalue weighted by atomic mass is 32.1. The van der Waals surface area contributed by atoms with Gasteiger partial charge in [0.15, 0.2) is 0 Å². The molecule has 1 atom stereocenters. The number of carbonyl (C=O) groups excluding carboxylic acids is 1. The monoisotopic (exact) mass is 301 g/mol. The number of thiophene rings is 1. The lowest BCUT2D eigenvalue weighted by molar-refractivity contribution is 0.0940. The fourth-order valence-corrected chi connectivity index (χ4v) is 3.12. The van der Waals surface area contributed by atoms with Gasteiger partial charge in [-0.25, -0.2) is 0 Å². The van der Waals surface area contributed by atoms with Gasteiger partial charge in [0.25, 0.3) is 5.91 Å². The number of aryl methyl sites for hydroxylation is 1. The molecule has 1 unspecified atom stereocenters. The van der Waals surface area contributed by atoms with E-state index in [-0.39, 0.29) is 11.9 Å². The molecular formula is C15H15N3O2S. The topological polar surface area (TPSA) is 81.2 Å². The molecule has 0 saturated carbocycles. The summed E-state index contributed by atoms with van der Waals surface area (Å²) in [6.45, 7) is 3.74. The predicted octanol–water partition coefficient (Wildman–Crippen LogP) is 3.27. The summed E-state index contributed by atoms with van der Waals surface area (Å²) in [6.07, 6.45) is 1.67. The number of amides is 1. The summed E-state index contributed by atoms with van der Waals surface area (Å²) in [6, 6.07) is 7.24. The van der Waals surface area contributed by atoms with E-state index in [1.165, 1.54) is 11.3 Å². The lowest BCUT2D eigenvalue weighted by Gasteiger charge is -2.10. The van der Waals surface area contributed by atoms with Crippen LogP contribution in [-0.2, 0) is 0 Å². The first kappa shape index (κ1) is 13.6. The summed E-state index contributed by atoms with van der Waals surface area (Å²) in [7, 11) is 0. The highest BCUT2D eigenvalue weighted by Gasteiger charge is 2.20. The van der Waals surface area contributed by atoms with Gasteiger partial charge >= 0.3 is 0 Å². The molecule has 6 heteroatoms. The van der Waals surface area contributed by atoms with Crippen molar-refractivity contribution in [3.63, 3.8) is 0 Å². The lowest BCUT2D eigenvalue weighted by Crippen LogP contribution is -2.26. The fourth-order valence-electron chi connectivity index (χ4n) is 2.14. The molecule has 0 aliphatic rings. The van der Waals surface area contributed by atoms with Crippen LogP contribution in [0.3, 0.4) is 0 Å². The van der Waals surface area contributed by atoms with E-state index >= 15 is 0 Å². The van der Waals surface area contributed by atoms with Gasteiger partial charge in [-0.15, -0.1) is 11.3 Å². The van der Waals surface area contributed by atoms with Crippen LogP contribution < -0.4 is 11.1 Å². The van der Waals surface area contributed by atoms with Crippen molar-refractivity contribution in [3.8, 4) is 0 Å². The van der Waals surface area contributed by atoms with Crippen molar-refractivity contribution >= 4 is 33.1 Å². The third kappa shape index (κ3) is 2.50. The van der Waals surface area contributed by atoms with Crippen molar-refractivity contribution in [1.82, 2.24) is 10.3 Å². The number of carbonyl (C=O) groups is 1. The number of nitrogens with two attached hydrogens (primary N) is 1. The molecule has 0 saturated heterocycles. The van der Waals surface area contributed by atoms with Crippen molar-refractivity contribution in [2.75, 3.05) is 5.73 Å². The number of hydrogen-bond donors (Lipinski definition) is 2. The van der Waals surface area contributed by atoms with Gasteiger partial charge in [0.1, 0.15) is 21.9 Å². The Bertz CT molecular complexity index is 806. The highest BCUT2D eigenvalue weighted by Crippen LogP contribution is 2.32. The first-order valence-corrected chi connectivity index (χ1v) is 7.38. The Kier molecular flexibility index (Phi) is 3.39. The second-order valence-corrected chi connectivity index (χ2v) is 5.89. The van der Waals surface area contributed by atoms with Crippen LogP contribution in [0, 0.1) is 6.92 Å². The molecule has 5 nitrogen and oxygen atoms in total. The van der Waals surface area contributed by atoms with Crippen LogP contribution in [0.25, 0.3) is 10.2 Å². The van der Waals surface area contributed by atoms with Gasteiger partial charge < -0.3 is 15.5 Å². The minimum Gasteiger partial charge on any atom is -0.464 e. The fraction of sp³-hybridized carbons (Fsp3) is 0.200. The average molecular weight is 301 g/mol. The zero-order valence-corrected chi connectivity index (χ0v) is 12.5. The molecule has 0 aliphatic heterocycles. The van der Waals surface area contributed by atoms with Gasteiger partial charge in [0.05, 0.1) is 16.4 Å². The molecule has 0 aromatic carbocycles. The molecule has 3 N–H and O–H groups in total. The van der Waals surface area contributed by atoms with E-state index in [2.05, 4.69) is 10.3 Å². The molecule has 0 fully saturated rings. The van der Waals surface area contributed by atoms with E-state index in [1.807, 2.05) is 38.1 Å². The molecule has 108 valence electrons. The van der Waals surface area contributed by atoms with Gasteiger partial charge in [-0.1, -0.05) is 0 Å². The minimum atomic E-state index is -0.219. The molecule has 3 rings (SSSR count). The summed E-state index contributed by atoms with van der Waals surface area (Å²) >= 11 is 1.34. The minimum absolute atomic E-state index is 0.211. The second-order valence-electron chi connectivity index (χ2n) is 4.84. The zero-order valence-electron chi connectivity index (χ0n) is 11.7. The van der Waals surface area contributed by atoms with Gasteiger partial charge in [0.2, 0.25) is 0 Å². The maximum atomic E-state index is 12.4. The summed E-state index contributed by atoms with van der Waals surface area (Å²) < 4.78 is 6.42. The Hall–Kier alpha value is -2.34. The number of aromatic nitrogens is 1. The van der Waals surface area contributed by atoms with Gasteiger partial charge in [-0.3, -0.25) is 9.78 Å². The third-order valence-electron chi connectivity index (χ3n) is 3.22. The van der Waals surface area contributed by atoms with Crippen molar-refractivity contribution in [3.05, 3.63) is 46.9 Å².